The van der Waals surface area contributed by atoms with E-state index in [-0.39, 0.29) is 11.9 Å². The Balaban J connectivity index is 2.88. The highest BCUT2D eigenvalue weighted by atomic mass is 127. The minimum absolute atomic E-state index is 0.190. The molecule has 1 aromatic rings. The molecule has 78 valence electrons. The standard InChI is InChI=1S/C11H15FIN/c1-7(2)5-11(14)9-6-8(13)3-4-10(9)12/h3-4,6-7,11H,5,14H2,1-2H3/t11-/m0/s1. The highest BCUT2D eigenvalue weighted by Gasteiger charge is 2.12. The monoisotopic (exact) mass is 307 g/mol. The van der Waals surface area contributed by atoms with E-state index in [1.165, 1.54) is 6.07 Å². The van der Waals surface area contributed by atoms with Crippen LogP contribution in [0.5, 0.6) is 0 Å². The maximum atomic E-state index is 13.4. The average Bonchev–Trinajstić information content (AvgIpc) is 2.08. The van der Waals surface area contributed by atoms with Crippen molar-refractivity contribution in [2.75, 3.05) is 0 Å². The van der Waals surface area contributed by atoms with Gasteiger partial charge in [-0.05, 0) is 53.1 Å². The lowest BCUT2D eigenvalue weighted by atomic mass is 9.97. The van der Waals surface area contributed by atoms with Crippen LogP contribution in [0.1, 0.15) is 31.9 Å². The van der Waals surface area contributed by atoms with Gasteiger partial charge >= 0.3 is 0 Å². The Morgan fingerprint density at radius 2 is 2.07 bits per heavy atom. The third kappa shape index (κ3) is 3.20. The summed E-state index contributed by atoms with van der Waals surface area (Å²) >= 11 is 2.17. The van der Waals surface area contributed by atoms with Crippen molar-refractivity contribution in [3.05, 3.63) is 33.1 Å². The van der Waals surface area contributed by atoms with Gasteiger partial charge in [0, 0.05) is 15.2 Å². The fourth-order valence-corrected chi connectivity index (χ4v) is 1.95. The normalized spacial score (nSPS) is 13.3. The van der Waals surface area contributed by atoms with E-state index >= 15 is 0 Å². The first kappa shape index (κ1) is 11.9. The average molecular weight is 307 g/mol. The molecule has 1 atom stereocenters. The molecule has 0 spiro atoms. The smallest absolute Gasteiger partial charge is 0.128 e. The van der Waals surface area contributed by atoms with Gasteiger partial charge in [-0.15, -0.1) is 0 Å². The van der Waals surface area contributed by atoms with Crippen LogP contribution >= 0.6 is 22.6 Å². The maximum absolute atomic E-state index is 13.4. The third-order valence-electron chi connectivity index (χ3n) is 2.08. The first-order valence-corrected chi connectivity index (χ1v) is 5.79. The second-order valence-electron chi connectivity index (χ2n) is 3.90. The van der Waals surface area contributed by atoms with E-state index < -0.39 is 0 Å². The first-order valence-electron chi connectivity index (χ1n) is 4.71. The van der Waals surface area contributed by atoms with Gasteiger partial charge < -0.3 is 5.73 Å². The molecule has 0 radical (unpaired) electrons. The summed E-state index contributed by atoms with van der Waals surface area (Å²) in [6.45, 7) is 4.18. The maximum Gasteiger partial charge on any atom is 0.128 e. The summed E-state index contributed by atoms with van der Waals surface area (Å²) in [4.78, 5) is 0. The van der Waals surface area contributed by atoms with Crippen molar-refractivity contribution in [1.29, 1.82) is 0 Å². The van der Waals surface area contributed by atoms with E-state index in [1.54, 1.807) is 6.07 Å². The molecule has 0 unspecified atom stereocenters. The molecular formula is C11H15FIN. The molecule has 0 saturated carbocycles. The van der Waals surface area contributed by atoms with Gasteiger partial charge in [0.2, 0.25) is 0 Å². The molecule has 0 aliphatic rings. The van der Waals surface area contributed by atoms with E-state index in [0.29, 0.717) is 11.5 Å². The Morgan fingerprint density at radius 1 is 1.43 bits per heavy atom. The van der Waals surface area contributed by atoms with E-state index in [0.717, 1.165) is 9.99 Å². The number of benzene rings is 1. The third-order valence-corrected chi connectivity index (χ3v) is 2.75. The summed E-state index contributed by atoms with van der Waals surface area (Å²) in [5, 5.41) is 0. The zero-order chi connectivity index (χ0) is 10.7. The van der Waals surface area contributed by atoms with Gasteiger partial charge in [-0.3, -0.25) is 0 Å². The van der Waals surface area contributed by atoms with Crippen molar-refractivity contribution in [2.45, 2.75) is 26.3 Å². The van der Waals surface area contributed by atoms with Crippen molar-refractivity contribution in [3.63, 3.8) is 0 Å². The van der Waals surface area contributed by atoms with Crippen LogP contribution in [0, 0.1) is 15.3 Å². The lowest BCUT2D eigenvalue weighted by Gasteiger charge is -2.15. The predicted molar refractivity (Wildman–Crippen MR) is 65.5 cm³/mol. The van der Waals surface area contributed by atoms with Crippen molar-refractivity contribution in [2.24, 2.45) is 11.7 Å². The molecule has 2 N–H and O–H groups in total. The molecule has 0 fully saturated rings. The highest BCUT2D eigenvalue weighted by molar-refractivity contribution is 14.1. The van der Waals surface area contributed by atoms with Gasteiger partial charge in [0.25, 0.3) is 0 Å². The van der Waals surface area contributed by atoms with Crippen LogP contribution in [0.15, 0.2) is 18.2 Å². The largest absolute Gasteiger partial charge is 0.324 e. The lowest BCUT2D eigenvalue weighted by Crippen LogP contribution is -2.14. The van der Waals surface area contributed by atoms with Gasteiger partial charge in [0.15, 0.2) is 0 Å². The number of hydrogen-bond acceptors (Lipinski definition) is 1. The minimum Gasteiger partial charge on any atom is -0.324 e. The lowest BCUT2D eigenvalue weighted by molar-refractivity contribution is 0.488. The number of hydrogen-bond donors (Lipinski definition) is 1. The second kappa shape index (κ2) is 5.07. The van der Waals surface area contributed by atoms with E-state index in [4.69, 9.17) is 5.73 Å². The Morgan fingerprint density at radius 3 is 2.64 bits per heavy atom. The Bertz CT molecular complexity index is 312. The van der Waals surface area contributed by atoms with Crippen LogP contribution in [0.2, 0.25) is 0 Å². The fraction of sp³-hybridized carbons (Fsp3) is 0.455. The van der Waals surface area contributed by atoms with Crippen LogP contribution in [0.4, 0.5) is 4.39 Å². The summed E-state index contributed by atoms with van der Waals surface area (Å²) in [7, 11) is 0. The van der Waals surface area contributed by atoms with Gasteiger partial charge in [-0.25, -0.2) is 4.39 Å². The van der Waals surface area contributed by atoms with Crippen molar-refractivity contribution in [3.8, 4) is 0 Å². The quantitative estimate of drug-likeness (QED) is 0.850. The molecule has 0 amide bonds. The van der Waals surface area contributed by atoms with Gasteiger partial charge in [0.1, 0.15) is 5.82 Å². The molecule has 0 aromatic heterocycles. The predicted octanol–water partition coefficient (Wildman–Crippen LogP) is 3.48. The second-order valence-corrected chi connectivity index (χ2v) is 5.15. The molecule has 1 rings (SSSR count). The SMILES string of the molecule is CC(C)C[C@H](N)c1cc(I)ccc1F. The summed E-state index contributed by atoms with van der Waals surface area (Å²) < 4.78 is 14.4. The zero-order valence-electron chi connectivity index (χ0n) is 8.43. The van der Waals surface area contributed by atoms with Gasteiger partial charge in [0.05, 0.1) is 0 Å². The molecule has 0 saturated heterocycles. The van der Waals surface area contributed by atoms with Gasteiger partial charge in [-0.1, -0.05) is 13.8 Å². The van der Waals surface area contributed by atoms with E-state index in [2.05, 4.69) is 36.4 Å². The Hall–Kier alpha value is -0.160. The molecule has 0 heterocycles. The van der Waals surface area contributed by atoms with Crippen LogP contribution in [0.25, 0.3) is 0 Å². The fourth-order valence-electron chi connectivity index (χ4n) is 1.43. The van der Waals surface area contributed by atoms with Crippen LogP contribution < -0.4 is 5.73 Å². The number of rotatable bonds is 3. The van der Waals surface area contributed by atoms with Crippen LogP contribution in [0.3, 0.4) is 0 Å². The molecule has 14 heavy (non-hydrogen) atoms. The molecule has 0 aliphatic carbocycles. The van der Waals surface area contributed by atoms with E-state index in [9.17, 15) is 4.39 Å². The van der Waals surface area contributed by atoms with Crippen molar-refractivity contribution < 1.29 is 4.39 Å². The summed E-state index contributed by atoms with van der Waals surface area (Å²) in [5.74, 6) is 0.292. The van der Waals surface area contributed by atoms with E-state index in [1.807, 2.05) is 6.07 Å². The minimum atomic E-state index is -0.196. The molecule has 1 nitrogen and oxygen atoms in total. The summed E-state index contributed by atoms with van der Waals surface area (Å²) in [6.07, 6.45) is 0.816. The first-order chi connectivity index (χ1) is 6.50. The van der Waals surface area contributed by atoms with Crippen LogP contribution in [-0.4, -0.2) is 0 Å². The number of halogens is 2. The molecule has 1 aromatic carbocycles. The summed E-state index contributed by atoms with van der Waals surface area (Å²) in [6, 6.07) is 4.87. The van der Waals surface area contributed by atoms with Gasteiger partial charge in [-0.2, -0.15) is 0 Å². The molecule has 0 aliphatic heterocycles. The number of nitrogens with two attached hydrogens (primary N) is 1. The molecular weight excluding hydrogens is 292 g/mol. The summed E-state index contributed by atoms with van der Waals surface area (Å²) in [5.41, 5.74) is 6.55. The molecule has 0 bridgehead atoms. The van der Waals surface area contributed by atoms with Crippen molar-refractivity contribution >= 4 is 22.6 Å². The Kier molecular flexibility index (Phi) is 4.31. The van der Waals surface area contributed by atoms with Crippen LogP contribution in [-0.2, 0) is 0 Å². The Labute approximate surface area is 98.0 Å². The topological polar surface area (TPSA) is 26.0 Å². The van der Waals surface area contributed by atoms with Crippen molar-refractivity contribution in [1.82, 2.24) is 0 Å². The molecule has 3 heteroatoms. The highest BCUT2D eigenvalue weighted by Crippen LogP contribution is 2.23. The zero-order valence-corrected chi connectivity index (χ0v) is 10.6.